The lowest BCUT2D eigenvalue weighted by Crippen LogP contribution is -2.17. The van der Waals surface area contributed by atoms with Crippen molar-refractivity contribution >= 4 is 5.97 Å². The van der Waals surface area contributed by atoms with Gasteiger partial charge in [0, 0.05) is 6.08 Å². The molecule has 0 aliphatic rings. The van der Waals surface area contributed by atoms with E-state index in [1.54, 1.807) is 0 Å². The second-order valence-corrected chi connectivity index (χ2v) is 2.64. The van der Waals surface area contributed by atoms with Gasteiger partial charge in [-0.3, -0.25) is 0 Å². The Bertz CT molecular complexity index is 381. The SMILES string of the molecule is C=CC(=O)Oc1ccc(OC(F)(F)F)cc1. The van der Waals surface area contributed by atoms with Crippen molar-refractivity contribution in [3.05, 3.63) is 36.9 Å². The van der Waals surface area contributed by atoms with Crippen molar-refractivity contribution < 1.29 is 27.4 Å². The van der Waals surface area contributed by atoms with E-state index in [0.29, 0.717) is 0 Å². The molecule has 0 aromatic heterocycles. The number of hydrogen-bond acceptors (Lipinski definition) is 3. The van der Waals surface area contributed by atoms with Crippen molar-refractivity contribution in [1.29, 1.82) is 0 Å². The van der Waals surface area contributed by atoms with Crippen LogP contribution in [0.5, 0.6) is 11.5 Å². The number of esters is 1. The molecular formula is C10H7F3O3. The molecule has 0 saturated heterocycles. The van der Waals surface area contributed by atoms with E-state index < -0.39 is 12.3 Å². The molecule has 6 heteroatoms. The van der Waals surface area contributed by atoms with Crippen LogP contribution >= 0.6 is 0 Å². The lowest BCUT2D eigenvalue weighted by Gasteiger charge is -2.08. The molecule has 1 aromatic carbocycles. The summed E-state index contributed by atoms with van der Waals surface area (Å²) in [6, 6.07) is 4.45. The van der Waals surface area contributed by atoms with Crippen LogP contribution in [0.4, 0.5) is 13.2 Å². The number of ether oxygens (including phenoxy) is 2. The molecule has 1 aromatic rings. The third-order valence-electron chi connectivity index (χ3n) is 1.44. The Kier molecular flexibility index (Phi) is 3.55. The molecule has 3 nitrogen and oxygen atoms in total. The van der Waals surface area contributed by atoms with Gasteiger partial charge >= 0.3 is 12.3 Å². The van der Waals surface area contributed by atoms with E-state index in [1.807, 2.05) is 0 Å². The summed E-state index contributed by atoms with van der Waals surface area (Å²) < 4.78 is 43.6. The van der Waals surface area contributed by atoms with Crippen molar-refractivity contribution in [1.82, 2.24) is 0 Å². The minimum atomic E-state index is -4.74. The van der Waals surface area contributed by atoms with E-state index in [2.05, 4.69) is 16.1 Å². The van der Waals surface area contributed by atoms with Crippen LogP contribution in [0.15, 0.2) is 36.9 Å². The van der Waals surface area contributed by atoms with Gasteiger partial charge in [0.1, 0.15) is 11.5 Å². The van der Waals surface area contributed by atoms with Gasteiger partial charge < -0.3 is 9.47 Å². The Morgan fingerprint density at radius 3 is 2.12 bits per heavy atom. The van der Waals surface area contributed by atoms with Crippen LogP contribution in [-0.2, 0) is 4.79 Å². The van der Waals surface area contributed by atoms with Gasteiger partial charge in [-0.25, -0.2) is 4.79 Å². The third kappa shape index (κ3) is 4.04. The maximum atomic E-state index is 11.8. The Hall–Kier alpha value is -1.98. The minimum Gasteiger partial charge on any atom is -0.423 e. The van der Waals surface area contributed by atoms with Crippen molar-refractivity contribution in [2.24, 2.45) is 0 Å². The van der Waals surface area contributed by atoms with Crippen LogP contribution in [0.2, 0.25) is 0 Å². The lowest BCUT2D eigenvalue weighted by atomic mass is 10.3. The molecule has 16 heavy (non-hydrogen) atoms. The molecule has 0 aliphatic heterocycles. The Morgan fingerprint density at radius 1 is 1.19 bits per heavy atom. The van der Waals surface area contributed by atoms with Gasteiger partial charge in [0.2, 0.25) is 0 Å². The first-order valence-corrected chi connectivity index (χ1v) is 4.11. The molecule has 0 atom stereocenters. The number of hydrogen-bond donors (Lipinski definition) is 0. The zero-order valence-electron chi connectivity index (χ0n) is 7.95. The Balaban J connectivity index is 2.68. The standard InChI is InChI=1S/C10H7F3O3/c1-2-9(14)15-7-3-5-8(6-4-7)16-10(11,12)13/h2-6H,1H2. The zero-order chi connectivity index (χ0) is 12.2. The topological polar surface area (TPSA) is 35.5 Å². The average Bonchev–Trinajstić information content (AvgIpc) is 2.18. The fourth-order valence-electron chi connectivity index (χ4n) is 0.867. The van der Waals surface area contributed by atoms with Crippen molar-refractivity contribution in [2.45, 2.75) is 6.36 Å². The van der Waals surface area contributed by atoms with E-state index in [9.17, 15) is 18.0 Å². The number of carbonyl (C=O) groups is 1. The first kappa shape index (κ1) is 12.1. The second-order valence-electron chi connectivity index (χ2n) is 2.64. The molecule has 0 heterocycles. The first-order chi connectivity index (χ1) is 7.40. The molecular weight excluding hydrogens is 225 g/mol. The lowest BCUT2D eigenvalue weighted by molar-refractivity contribution is -0.274. The summed E-state index contributed by atoms with van der Waals surface area (Å²) in [7, 11) is 0. The highest BCUT2D eigenvalue weighted by molar-refractivity contribution is 5.83. The van der Waals surface area contributed by atoms with Crippen molar-refractivity contribution in [3.8, 4) is 11.5 Å². The molecule has 0 N–H and O–H groups in total. The van der Waals surface area contributed by atoms with Crippen molar-refractivity contribution in [2.75, 3.05) is 0 Å². The maximum Gasteiger partial charge on any atom is 0.573 e. The smallest absolute Gasteiger partial charge is 0.423 e. The van der Waals surface area contributed by atoms with Crippen LogP contribution in [-0.4, -0.2) is 12.3 Å². The molecule has 1 rings (SSSR count). The van der Waals surface area contributed by atoms with Gasteiger partial charge in [-0.1, -0.05) is 6.58 Å². The largest absolute Gasteiger partial charge is 0.573 e. The van der Waals surface area contributed by atoms with Crippen LogP contribution in [0.3, 0.4) is 0 Å². The number of alkyl halides is 3. The maximum absolute atomic E-state index is 11.8. The van der Waals surface area contributed by atoms with Crippen molar-refractivity contribution in [3.63, 3.8) is 0 Å². The van der Waals surface area contributed by atoms with Gasteiger partial charge in [0.15, 0.2) is 0 Å². The molecule has 86 valence electrons. The summed E-state index contributed by atoms with van der Waals surface area (Å²) in [6.07, 6.45) is -3.79. The molecule has 0 radical (unpaired) electrons. The average molecular weight is 232 g/mol. The van der Waals surface area contributed by atoms with E-state index in [4.69, 9.17) is 0 Å². The van der Waals surface area contributed by atoms with E-state index in [0.717, 1.165) is 18.2 Å². The molecule has 0 saturated carbocycles. The molecule has 0 fully saturated rings. The van der Waals surface area contributed by atoms with Gasteiger partial charge in [-0.15, -0.1) is 13.2 Å². The third-order valence-corrected chi connectivity index (χ3v) is 1.44. The second kappa shape index (κ2) is 4.69. The fourth-order valence-corrected chi connectivity index (χ4v) is 0.867. The van der Waals surface area contributed by atoms with Gasteiger partial charge in [0.25, 0.3) is 0 Å². The Morgan fingerprint density at radius 2 is 1.69 bits per heavy atom. The molecule has 0 spiro atoms. The number of benzene rings is 1. The molecule has 0 unspecified atom stereocenters. The molecule has 0 amide bonds. The summed E-state index contributed by atoms with van der Waals surface area (Å²) >= 11 is 0. The zero-order valence-corrected chi connectivity index (χ0v) is 7.95. The monoisotopic (exact) mass is 232 g/mol. The summed E-state index contributed by atoms with van der Waals surface area (Å²) in [5.41, 5.74) is 0. The van der Waals surface area contributed by atoms with Crippen LogP contribution in [0.1, 0.15) is 0 Å². The Labute approximate surface area is 89.1 Å². The summed E-state index contributed by atoms with van der Waals surface area (Å²) in [4.78, 5) is 10.7. The summed E-state index contributed by atoms with van der Waals surface area (Å²) in [5.74, 6) is -0.963. The van der Waals surface area contributed by atoms with Gasteiger partial charge in [-0.2, -0.15) is 0 Å². The number of halogens is 3. The van der Waals surface area contributed by atoms with E-state index in [1.165, 1.54) is 12.1 Å². The predicted octanol–water partition coefficient (Wildman–Crippen LogP) is 2.68. The first-order valence-electron chi connectivity index (χ1n) is 4.11. The molecule has 0 aliphatic carbocycles. The molecule has 0 bridgehead atoms. The summed E-state index contributed by atoms with van der Waals surface area (Å²) in [5, 5.41) is 0. The van der Waals surface area contributed by atoms with Crippen LogP contribution < -0.4 is 9.47 Å². The quantitative estimate of drug-likeness (QED) is 0.456. The number of carbonyl (C=O) groups excluding carboxylic acids is 1. The highest BCUT2D eigenvalue weighted by Gasteiger charge is 2.30. The van der Waals surface area contributed by atoms with E-state index in [-0.39, 0.29) is 11.5 Å². The van der Waals surface area contributed by atoms with Gasteiger partial charge in [0.05, 0.1) is 0 Å². The van der Waals surface area contributed by atoms with Gasteiger partial charge in [-0.05, 0) is 24.3 Å². The fraction of sp³-hybridized carbons (Fsp3) is 0.100. The highest BCUT2D eigenvalue weighted by atomic mass is 19.4. The predicted molar refractivity (Wildman–Crippen MR) is 49.0 cm³/mol. The van der Waals surface area contributed by atoms with E-state index >= 15 is 0 Å². The minimum absolute atomic E-state index is 0.111. The highest BCUT2D eigenvalue weighted by Crippen LogP contribution is 2.24. The van der Waals surface area contributed by atoms with Crippen LogP contribution in [0, 0.1) is 0 Å². The normalized spacial score (nSPS) is 10.7. The van der Waals surface area contributed by atoms with Crippen LogP contribution in [0.25, 0.3) is 0 Å². The number of rotatable bonds is 3. The summed E-state index contributed by atoms with van der Waals surface area (Å²) in [6.45, 7) is 3.17.